The van der Waals surface area contributed by atoms with Crippen LogP contribution in [0.2, 0.25) is 5.02 Å². The molecule has 0 aliphatic heterocycles. The Morgan fingerprint density at radius 1 is 1.25 bits per heavy atom. The molecule has 0 bridgehead atoms. The van der Waals surface area contributed by atoms with Crippen LogP contribution in [0.3, 0.4) is 0 Å². The van der Waals surface area contributed by atoms with E-state index in [-0.39, 0.29) is 6.10 Å². The maximum absolute atomic E-state index is 12.3. The second kappa shape index (κ2) is 10.1. The zero-order valence-electron chi connectivity index (χ0n) is 19.8. The number of nitrogens with one attached hydrogen (secondary N) is 1. The molecular formula is C26H25ClN6O2S. The zero-order valence-corrected chi connectivity index (χ0v) is 21.4. The lowest BCUT2D eigenvalue weighted by Gasteiger charge is -2.16. The molecule has 1 aromatic carbocycles. The van der Waals surface area contributed by atoms with Gasteiger partial charge < -0.3 is 15.5 Å². The van der Waals surface area contributed by atoms with Gasteiger partial charge in [0, 0.05) is 41.8 Å². The van der Waals surface area contributed by atoms with Crippen LogP contribution in [-0.4, -0.2) is 37.2 Å². The van der Waals surface area contributed by atoms with Gasteiger partial charge in [-0.2, -0.15) is 0 Å². The summed E-state index contributed by atoms with van der Waals surface area (Å²) in [6.45, 7) is 3.33. The van der Waals surface area contributed by atoms with Crippen molar-refractivity contribution in [2.45, 2.75) is 26.1 Å². The molecule has 0 spiro atoms. The Labute approximate surface area is 217 Å². The van der Waals surface area contributed by atoms with Gasteiger partial charge in [0.1, 0.15) is 28.2 Å². The minimum atomic E-state index is -0.540. The number of fused-ring (bicyclic) bond motifs is 1. The van der Waals surface area contributed by atoms with Gasteiger partial charge in [-0.05, 0) is 31.7 Å². The van der Waals surface area contributed by atoms with Crippen LogP contribution >= 0.6 is 22.9 Å². The second-order valence-corrected chi connectivity index (χ2v) is 10.0. The predicted octanol–water partition coefficient (Wildman–Crippen LogP) is 5.31. The quantitative estimate of drug-likeness (QED) is 0.274. The fourth-order valence-electron chi connectivity index (χ4n) is 4.13. The Bertz CT molecular complexity index is 1510. The maximum atomic E-state index is 12.3. The van der Waals surface area contributed by atoms with Crippen molar-refractivity contribution in [1.29, 1.82) is 0 Å². The van der Waals surface area contributed by atoms with Crippen LogP contribution in [0.25, 0.3) is 16.2 Å². The average molecular weight is 521 g/mol. The van der Waals surface area contributed by atoms with E-state index in [0.717, 1.165) is 39.7 Å². The largest absolute Gasteiger partial charge is 0.484 e. The zero-order chi connectivity index (χ0) is 25.2. The van der Waals surface area contributed by atoms with E-state index in [4.69, 9.17) is 22.1 Å². The first kappa shape index (κ1) is 24.1. The number of nitrogens with zero attached hydrogens (tertiary/aromatic N) is 4. The number of carbonyl (C=O) groups excluding carboxylic acids is 1. The highest BCUT2D eigenvalue weighted by molar-refractivity contribution is 7.17. The Morgan fingerprint density at radius 3 is 2.83 bits per heavy atom. The van der Waals surface area contributed by atoms with Crippen molar-refractivity contribution in [1.82, 2.24) is 24.3 Å². The summed E-state index contributed by atoms with van der Waals surface area (Å²) in [4.78, 5) is 27.6. The number of hydrogen-bond acceptors (Lipinski definition) is 6. The van der Waals surface area contributed by atoms with E-state index in [1.54, 1.807) is 12.4 Å². The molecule has 1 atom stereocenters. The third-order valence-electron chi connectivity index (χ3n) is 5.82. The highest BCUT2D eigenvalue weighted by Crippen LogP contribution is 2.39. The Hall–Kier alpha value is -3.66. The fraction of sp³-hybridized carbons (Fsp3) is 0.192. The molecule has 4 aromatic heterocycles. The molecule has 1 amide bonds. The highest BCUT2D eigenvalue weighted by atomic mass is 35.5. The van der Waals surface area contributed by atoms with Gasteiger partial charge in [-0.3, -0.25) is 14.1 Å². The van der Waals surface area contributed by atoms with Crippen LogP contribution in [0, 0.1) is 0 Å². The number of halogens is 1. The van der Waals surface area contributed by atoms with Gasteiger partial charge in [-0.25, -0.2) is 9.97 Å². The van der Waals surface area contributed by atoms with E-state index in [1.165, 1.54) is 11.3 Å². The first-order valence-electron chi connectivity index (χ1n) is 11.4. The summed E-state index contributed by atoms with van der Waals surface area (Å²) < 4.78 is 8.19. The number of hydrogen-bond donors (Lipinski definition) is 2. The summed E-state index contributed by atoms with van der Waals surface area (Å²) in [5, 5.41) is 0.604. The number of carbonyl (C=O) groups is 1. The Morgan fingerprint density at radius 2 is 2.08 bits per heavy atom. The fourth-order valence-corrected chi connectivity index (χ4v) is 5.37. The number of rotatable bonds is 9. The van der Waals surface area contributed by atoms with Gasteiger partial charge in [-0.1, -0.05) is 35.9 Å². The molecule has 184 valence electrons. The lowest BCUT2D eigenvalue weighted by Crippen LogP contribution is -2.18. The number of imidazole rings is 2. The highest BCUT2D eigenvalue weighted by Gasteiger charge is 2.21. The smallest absolute Gasteiger partial charge is 0.262 e. The van der Waals surface area contributed by atoms with E-state index in [9.17, 15) is 4.79 Å². The number of H-pyrrole nitrogens is 1. The SMILES string of the molecule is C[C@@H](Oc1cc(-c2cnc3ccc(CN(C)Cc4ncc[nH]4)cn23)sc1C(N)=O)c1ccccc1Cl. The molecular weight excluding hydrogens is 496 g/mol. The van der Waals surface area contributed by atoms with Gasteiger partial charge in [0.2, 0.25) is 0 Å². The summed E-state index contributed by atoms with van der Waals surface area (Å²) in [5.41, 5.74) is 9.32. The topological polar surface area (TPSA) is 102 Å². The van der Waals surface area contributed by atoms with E-state index < -0.39 is 5.91 Å². The second-order valence-electron chi connectivity index (χ2n) is 8.57. The van der Waals surface area contributed by atoms with Crippen LogP contribution in [0.4, 0.5) is 0 Å². The molecule has 8 nitrogen and oxygen atoms in total. The van der Waals surface area contributed by atoms with Crippen molar-refractivity contribution >= 4 is 34.5 Å². The van der Waals surface area contributed by atoms with Crippen LogP contribution in [0.5, 0.6) is 5.75 Å². The molecule has 0 aliphatic carbocycles. The minimum Gasteiger partial charge on any atom is -0.484 e. The van der Waals surface area contributed by atoms with Crippen molar-refractivity contribution in [2.24, 2.45) is 5.73 Å². The number of primary amides is 1. The van der Waals surface area contributed by atoms with Crippen LogP contribution in [-0.2, 0) is 13.1 Å². The third-order valence-corrected chi connectivity index (χ3v) is 7.31. The van der Waals surface area contributed by atoms with Crippen molar-refractivity contribution < 1.29 is 9.53 Å². The molecule has 0 unspecified atom stereocenters. The van der Waals surface area contributed by atoms with Crippen molar-refractivity contribution in [3.8, 4) is 16.3 Å². The first-order valence-corrected chi connectivity index (χ1v) is 12.6. The molecule has 0 fully saturated rings. The Kier molecular flexibility index (Phi) is 6.77. The van der Waals surface area contributed by atoms with Gasteiger partial charge >= 0.3 is 0 Å². The standard InChI is InChI=1S/C26H25ClN6O2S/c1-16(18-5-3-4-6-19(18)27)35-21-11-22(36-25(21)26(28)34)20-12-31-24-8-7-17(14-33(20)24)13-32(2)15-23-29-9-10-30-23/h3-12,14,16H,13,15H2,1-2H3,(H2,28,34)(H,29,30)/t16-/m1/s1. The summed E-state index contributed by atoms with van der Waals surface area (Å²) in [7, 11) is 2.05. The molecule has 36 heavy (non-hydrogen) atoms. The van der Waals surface area contributed by atoms with Crippen LogP contribution in [0.15, 0.2) is 67.3 Å². The van der Waals surface area contributed by atoms with Gasteiger partial charge in [-0.15, -0.1) is 11.3 Å². The van der Waals surface area contributed by atoms with Crippen LogP contribution < -0.4 is 10.5 Å². The molecule has 0 radical (unpaired) electrons. The van der Waals surface area contributed by atoms with Crippen molar-refractivity contribution in [3.05, 3.63) is 94.1 Å². The number of amides is 1. The van der Waals surface area contributed by atoms with Gasteiger partial charge in [0.25, 0.3) is 5.91 Å². The van der Waals surface area contributed by atoms with Crippen molar-refractivity contribution in [2.75, 3.05) is 7.05 Å². The molecule has 10 heteroatoms. The number of pyridine rings is 1. The molecule has 3 N–H and O–H groups in total. The van der Waals surface area contributed by atoms with Crippen molar-refractivity contribution in [3.63, 3.8) is 0 Å². The van der Waals surface area contributed by atoms with E-state index in [2.05, 4.69) is 32.1 Å². The summed E-state index contributed by atoms with van der Waals surface area (Å²) >= 11 is 7.63. The molecule has 0 saturated carbocycles. The number of aromatic amines is 1. The summed E-state index contributed by atoms with van der Waals surface area (Å²) in [5.74, 6) is 0.805. The number of thiophene rings is 1. The molecule has 0 aliphatic rings. The van der Waals surface area contributed by atoms with Gasteiger partial charge in [0.05, 0.1) is 23.3 Å². The lowest BCUT2D eigenvalue weighted by atomic mass is 10.1. The molecule has 4 heterocycles. The minimum absolute atomic E-state index is 0.355. The van der Waals surface area contributed by atoms with Gasteiger partial charge in [0.15, 0.2) is 0 Å². The average Bonchev–Trinajstić information content (AvgIpc) is 3.59. The monoisotopic (exact) mass is 520 g/mol. The number of benzene rings is 1. The molecule has 5 rings (SSSR count). The van der Waals surface area contributed by atoms with E-state index >= 15 is 0 Å². The Balaban J connectivity index is 1.43. The van der Waals surface area contributed by atoms with E-state index in [0.29, 0.717) is 22.2 Å². The number of nitrogens with two attached hydrogens (primary N) is 1. The van der Waals surface area contributed by atoms with Crippen LogP contribution in [0.1, 0.15) is 39.7 Å². The predicted molar refractivity (Wildman–Crippen MR) is 141 cm³/mol. The summed E-state index contributed by atoms with van der Waals surface area (Å²) in [6, 6.07) is 13.4. The normalized spacial score (nSPS) is 12.3. The van der Waals surface area contributed by atoms with E-state index in [1.807, 2.05) is 61.0 Å². The molecule has 5 aromatic rings. The third kappa shape index (κ3) is 4.99. The first-order chi connectivity index (χ1) is 17.4. The lowest BCUT2D eigenvalue weighted by molar-refractivity contribution is 0.0998. The molecule has 0 saturated heterocycles. The maximum Gasteiger partial charge on any atom is 0.262 e. The summed E-state index contributed by atoms with van der Waals surface area (Å²) in [6.07, 6.45) is 7.07. The number of aromatic nitrogens is 4. The number of ether oxygens (including phenoxy) is 1.